The van der Waals surface area contributed by atoms with Crippen molar-refractivity contribution in [3.8, 4) is 0 Å². The van der Waals surface area contributed by atoms with E-state index in [9.17, 15) is 10.1 Å². The number of benzene rings is 1. The lowest BCUT2D eigenvalue weighted by Crippen LogP contribution is -2.33. The molecule has 0 aromatic heterocycles. The van der Waals surface area contributed by atoms with Crippen LogP contribution in [0.1, 0.15) is 18.5 Å². The fourth-order valence-electron chi connectivity index (χ4n) is 2.21. The molecule has 0 spiro atoms. The average Bonchev–Trinajstić information content (AvgIpc) is 2.55. The molecule has 2 rings (SSSR count). The molecule has 0 unspecified atom stereocenters. The van der Waals surface area contributed by atoms with Crippen LogP contribution in [-0.4, -0.2) is 29.2 Å². The molecule has 1 aliphatic heterocycles. The zero-order valence-corrected chi connectivity index (χ0v) is 9.24. The SMILES string of the molecule is C[C@@H]1ON(C)[C@H](c2ccccc2)[C@H]1[N+](=O)[O-]. The van der Waals surface area contributed by atoms with Gasteiger partial charge in [0.25, 0.3) is 6.04 Å². The summed E-state index contributed by atoms with van der Waals surface area (Å²) in [6, 6.07) is 8.40. The highest BCUT2D eigenvalue weighted by Crippen LogP contribution is 2.34. The van der Waals surface area contributed by atoms with E-state index in [-0.39, 0.29) is 11.0 Å². The van der Waals surface area contributed by atoms with E-state index in [0.717, 1.165) is 5.56 Å². The lowest BCUT2D eigenvalue weighted by molar-refractivity contribution is -0.529. The van der Waals surface area contributed by atoms with Gasteiger partial charge < -0.3 is 0 Å². The number of hydrogen-bond donors (Lipinski definition) is 0. The second kappa shape index (κ2) is 4.19. The van der Waals surface area contributed by atoms with Crippen molar-refractivity contribution in [2.24, 2.45) is 0 Å². The van der Waals surface area contributed by atoms with E-state index in [1.165, 1.54) is 0 Å². The first kappa shape index (κ1) is 11.0. The van der Waals surface area contributed by atoms with E-state index in [2.05, 4.69) is 0 Å². The van der Waals surface area contributed by atoms with Gasteiger partial charge in [-0.05, 0) is 12.5 Å². The van der Waals surface area contributed by atoms with E-state index in [4.69, 9.17) is 4.84 Å². The summed E-state index contributed by atoms with van der Waals surface area (Å²) >= 11 is 0. The first-order valence-electron chi connectivity index (χ1n) is 5.19. The van der Waals surface area contributed by atoms with Crippen LogP contribution in [0.15, 0.2) is 30.3 Å². The Morgan fingerprint density at radius 3 is 2.56 bits per heavy atom. The summed E-state index contributed by atoms with van der Waals surface area (Å²) in [6.07, 6.45) is -0.398. The number of rotatable bonds is 2. The first-order valence-corrected chi connectivity index (χ1v) is 5.19. The van der Waals surface area contributed by atoms with Crippen molar-refractivity contribution < 1.29 is 9.76 Å². The molecule has 0 N–H and O–H groups in total. The van der Waals surface area contributed by atoms with Crippen LogP contribution < -0.4 is 0 Å². The fraction of sp³-hybridized carbons (Fsp3) is 0.455. The molecule has 5 heteroatoms. The first-order chi connectivity index (χ1) is 7.61. The standard InChI is InChI=1S/C11H14N2O3/c1-8-10(13(14)15)11(12(2)16-8)9-6-4-3-5-7-9/h3-8,10-11H,1-2H3/t8-,10-,11+/m0/s1. The predicted octanol–water partition coefficient (Wildman–Crippen LogP) is 1.64. The molecule has 0 saturated carbocycles. The molecule has 1 aromatic rings. The molecule has 1 aliphatic rings. The minimum Gasteiger partial charge on any atom is -0.288 e. The highest BCUT2D eigenvalue weighted by Gasteiger charge is 2.48. The third kappa shape index (κ3) is 1.79. The van der Waals surface area contributed by atoms with Gasteiger partial charge in [-0.2, -0.15) is 5.06 Å². The Hall–Kier alpha value is -1.46. The fourth-order valence-corrected chi connectivity index (χ4v) is 2.21. The van der Waals surface area contributed by atoms with Crippen LogP contribution in [0.25, 0.3) is 0 Å². The van der Waals surface area contributed by atoms with Gasteiger partial charge in [-0.25, -0.2) is 0 Å². The average molecular weight is 222 g/mol. The highest BCUT2D eigenvalue weighted by atomic mass is 16.7. The Morgan fingerprint density at radius 1 is 1.38 bits per heavy atom. The molecule has 1 heterocycles. The summed E-state index contributed by atoms with van der Waals surface area (Å²) in [7, 11) is 1.73. The molecule has 0 radical (unpaired) electrons. The summed E-state index contributed by atoms with van der Waals surface area (Å²) in [4.78, 5) is 16.2. The van der Waals surface area contributed by atoms with Gasteiger partial charge in [0.1, 0.15) is 12.1 Å². The quantitative estimate of drug-likeness (QED) is 0.564. The van der Waals surface area contributed by atoms with E-state index >= 15 is 0 Å². The minimum absolute atomic E-state index is 0.258. The second-order valence-corrected chi connectivity index (χ2v) is 3.99. The molecule has 1 aromatic carbocycles. The molecule has 0 amide bonds. The van der Waals surface area contributed by atoms with Crippen LogP contribution in [0.5, 0.6) is 0 Å². The lowest BCUT2D eigenvalue weighted by Gasteiger charge is -2.18. The number of nitro groups is 1. The summed E-state index contributed by atoms with van der Waals surface area (Å²) in [5.74, 6) is 0. The number of hydroxylamine groups is 2. The third-order valence-electron chi connectivity index (χ3n) is 2.91. The third-order valence-corrected chi connectivity index (χ3v) is 2.91. The Balaban J connectivity index is 2.34. The molecule has 1 saturated heterocycles. The molecule has 0 bridgehead atoms. The van der Waals surface area contributed by atoms with Crippen LogP contribution in [0.3, 0.4) is 0 Å². The maximum atomic E-state index is 11.0. The van der Waals surface area contributed by atoms with Crippen molar-refractivity contribution in [1.82, 2.24) is 5.06 Å². The van der Waals surface area contributed by atoms with E-state index in [1.54, 1.807) is 19.0 Å². The Kier molecular flexibility index (Phi) is 2.89. The second-order valence-electron chi connectivity index (χ2n) is 3.99. The van der Waals surface area contributed by atoms with Crippen LogP contribution in [0, 0.1) is 10.1 Å². The van der Waals surface area contributed by atoms with Gasteiger partial charge in [0.2, 0.25) is 0 Å². The summed E-state index contributed by atoms with van der Waals surface area (Å²) in [5, 5.41) is 12.6. The van der Waals surface area contributed by atoms with E-state index < -0.39 is 12.1 Å². The molecule has 16 heavy (non-hydrogen) atoms. The molecule has 1 fully saturated rings. The Labute approximate surface area is 93.7 Å². The van der Waals surface area contributed by atoms with Crippen molar-refractivity contribution in [2.45, 2.75) is 25.1 Å². The van der Waals surface area contributed by atoms with Gasteiger partial charge >= 0.3 is 0 Å². The molecule has 86 valence electrons. The smallest absolute Gasteiger partial charge is 0.262 e. The summed E-state index contributed by atoms with van der Waals surface area (Å²) < 4.78 is 0. The van der Waals surface area contributed by atoms with Gasteiger partial charge in [0, 0.05) is 12.0 Å². The van der Waals surface area contributed by atoms with Crippen LogP contribution in [-0.2, 0) is 4.84 Å². The maximum absolute atomic E-state index is 11.0. The van der Waals surface area contributed by atoms with Crippen molar-refractivity contribution >= 4 is 0 Å². The number of hydrogen-bond acceptors (Lipinski definition) is 4. The van der Waals surface area contributed by atoms with E-state index in [1.807, 2.05) is 30.3 Å². The van der Waals surface area contributed by atoms with Crippen molar-refractivity contribution in [2.75, 3.05) is 7.05 Å². The zero-order valence-electron chi connectivity index (χ0n) is 9.24. The summed E-state index contributed by atoms with van der Waals surface area (Å²) in [5.41, 5.74) is 0.913. The lowest BCUT2D eigenvalue weighted by atomic mass is 9.98. The maximum Gasteiger partial charge on any atom is 0.262 e. The monoisotopic (exact) mass is 222 g/mol. The topological polar surface area (TPSA) is 55.6 Å². The zero-order chi connectivity index (χ0) is 11.7. The minimum atomic E-state index is -0.715. The largest absolute Gasteiger partial charge is 0.288 e. The molecule has 0 aliphatic carbocycles. The van der Waals surface area contributed by atoms with Crippen molar-refractivity contribution in [3.63, 3.8) is 0 Å². The van der Waals surface area contributed by atoms with Gasteiger partial charge in [0.15, 0.2) is 0 Å². The van der Waals surface area contributed by atoms with Crippen molar-refractivity contribution in [1.29, 1.82) is 0 Å². The van der Waals surface area contributed by atoms with Gasteiger partial charge in [-0.3, -0.25) is 15.0 Å². The number of likely N-dealkylation sites (N-methyl/N-ethyl adjacent to an activating group) is 1. The van der Waals surface area contributed by atoms with Crippen LogP contribution >= 0.6 is 0 Å². The van der Waals surface area contributed by atoms with E-state index in [0.29, 0.717) is 0 Å². The highest BCUT2D eigenvalue weighted by molar-refractivity contribution is 5.21. The number of nitrogens with zero attached hydrogens (tertiary/aromatic N) is 2. The van der Waals surface area contributed by atoms with Crippen LogP contribution in [0.2, 0.25) is 0 Å². The molecule has 5 nitrogen and oxygen atoms in total. The summed E-state index contributed by atoms with van der Waals surface area (Å²) in [6.45, 7) is 1.73. The molecular formula is C11H14N2O3. The van der Waals surface area contributed by atoms with Gasteiger partial charge in [0.05, 0.1) is 0 Å². The molecule has 3 atom stereocenters. The van der Waals surface area contributed by atoms with Crippen molar-refractivity contribution in [3.05, 3.63) is 46.0 Å². The predicted molar refractivity (Wildman–Crippen MR) is 58.3 cm³/mol. The van der Waals surface area contributed by atoms with Gasteiger partial charge in [-0.1, -0.05) is 30.3 Å². The Bertz CT molecular complexity index is 382. The molecular weight excluding hydrogens is 208 g/mol. The van der Waals surface area contributed by atoms with Crippen LogP contribution in [0.4, 0.5) is 0 Å². The van der Waals surface area contributed by atoms with Gasteiger partial charge in [-0.15, -0.1) is 0 Å². The normalized spacial score (nSPS) is 30.5. The Morgan fingerprint density at radius 2 is 2.00 bits per heavy atom.